The molecule has 0 unspecified atom stereocenters. The van der Waals surface area contributed by atoms with Crippen LogP contribution in [-0.4, -0.2) is 16.5 Å². The second-order valence-corrected chi connectivity index (χ2v) is 7.92. The number of anilines is 1. The zero-order valence-electron chi connectivity index (χ0n) is 11.3. The minimum absolute atomic E-state index is 0.314. The minimum atomic E-state index is -1.62. The van der Waals surface area contributed by atoms with Crippen LogP contribution in [0.4, 0.5) is 10.5 Å². The number of hydrogen-bond donors (Lipinski definition) is 1. The van der Waals surface area contributed by atoms with Crippen molar-refractivity contribution in [2.75, 3.05) is 11.9 Å². The van der Waals surface area contributed by atoms with Crippen molar-refractivity contribution < 1.29 is 9.53 Å². The molecular formula is C15H12Cl3NO2S. The third-order valence-corrected chi connectivity index (χ3v) is 3.79. The van der Waals surface area contributed by atoms with Crippen LogP contribution >= 0.6 is 46.6 Å². The molecule has 0 aliphatic carbocycles. The van der Waals surface area contributed by atoms with Gasteiger partial charge in [0.1, 0.15) is 6.61 Å². The molecule has 0 heterocycles. The first-order valence-electron chi connectivity index (χ1n) is 6.26. The standard InChI is InChI=1S/C15H12Cl3NO2S/c16-15(17,18)10-21-14(20)19-11-6-8-13(9-7-11)22-12-4-2-1-3-5-12/h1-9H,10H2,(H,19,20). The van der Waals surface area contributed by atoms with Crippen LogP contribution in [-0.2, 0) is 4.74 Å². The van der Waals surface area contributed by atoms with E-state index in [2.05, 4.69) is 5.32 Å². The second kappa shape index (κ2) is 7.97. The van der Waals surface area contributed by atoms with Gasteiger partial charge in [0.25, 0.3) is 0 Å². The summed E-state index contributed by atoms with van der Waals surface area (Å²) < 4.78 is 3.17. The van der Waals surface area contributed by atoms with Crippen molar-refractivity contribution in [3.05, 3.63) is 54.6 Å². The first-order valence-corrected chi connectivity index (χ1v) is 8.21. The van der Waals surface area contributed by atoms with Gasteiger partial charge in [0.2, 0.25) is 3.79 Å². The van der Waals surface area contributed by atoms with Crippen molar-refractivity contribution in [1.29, 1.82) is 0 Å². The number of halogens is 3. The van der Waals surface area contributed by atoms with E-state index in [1.165, 1.54) is 0 Å². The van der Waals surface area contributed by atoms with Gasteiger partial charge in [-0.25, -0.2) is 4.79 Å². The maximum atomic E-state index is 11.5. The monoisotopic (exact) mass is 375 g/mol. The Morgan fingerprint density at radius 1 is 1.00 bits per heavy atom. The fraction of sp³-hybridized carbons (Fsp3) is 0.133. The molecule has 0 saturated carbocycles. The lowest BCUT2D eigenvalue weighted by molar-refractivity contribution is 0.164. The molecule has 2 rings (SSSR count). The third kappa shape index (κ3) is 6.36. The van der Waals surface area contributed by atoms with E-state index in [0.717, 1.165) is 9.79 Å². The van der Waals surface area contributed by atoms with Gasteiger partial charge >= 0.3 is 6.09 Å². The maximum absolute atomic E-state index is 11.5. The van der Waals surface area contributed by atoms with E-state index >= 15 is 0 Å². The normalized spacial score (nSPS) is 11.0. The molecule has 0 aliphatic rings. The molecule has 2 aromatic rings. The van der Waals surface area contributed by atoms with Gasteiger partial charge in [-0.1, -0.05) is 64.8 Å². The van der Waals surface area contributed by atoms with Gasteiger partial charge < -0.3 is 4.74 Å². The Bertz CT molecular complexity index is 615. The van der Waals surface area contributed by atoms with Crippen LogP contribution < -0.4 is 5.32 Å². The predicted octanol–water partition coefficient (Wildman–Crippen LogP) is 5.76. The summed E-state index contributed by atoms with van der Waals surface area (Å²) in [5.74, 6) is 0. The highest BCUT2D eigenvalue weighted by molar-refractivity contribution is 7.99. The molecule has 2 aromatic carbocycles. The summed E-state index contributed by atoms with van der Waals surface area (Å²) in [7, 11) is 0. The number of nitrogens with one attached hydrogen (secondary N) is 1. The topological polar surface area (TPSA) is 38.3 Å². The van der Waals surface area contributed by atoms with E-state index < -0.39 is 9.89 Å². The average Bonchev–Trinajstić information content (AvgIpc) is 2.48. The Balaban J connectivity index is 1.88. The number of ether oxygens (including phenoxy) is 1. The molecule has 0 spiro atoms. The summed E-state index contributed by atoms with van der Waals surface area (Å²) in [6.45, 7) is -0.314. The maximum Gasteiger partial charge on any atom is 0.411 e. The van der Waals surface area contributed by atoms with Crippen LogP contribution in [0, 0.1) is 0 Å². The summed E-state index contributed by atoms with van der Waals surface area (Å²) in [6, 6.07) is 17.4. The Morgan fingerprint density at radius 3 is 2.18 bits per heavy atom. The van der Waals surface area contributed by atoms with Crippen molar-refractivity contribution in [2.45, 2.75) is 13.6 Å². The van der Waals surface area contributed by atoms with E-state index in [4.69, 9.17) is 39.5 Å². The van der Waals surface area contributed by atoms with Gasteiger partial charge in [-0.2, -0.15) is 0 Å². The molecule has 1 N–H and O–H groups in total. The lowest BCUT2D eigenvalue weighted by atomic mass is 10.3. The van der Waals surface area contributed by atoms with Crippen LogP contribution in [0.25, 0.3) is 0 Å². The Hall–Kier alpha value is -1.07. The number of hydrogen-bond acceptors (Lipinski definition) is 3. The van der Waals surface area contributed by atoms with E-state index in [1.807, 2.05) is 42.5 Å². The Labute approximate surface area is 147 Å². The van der Waals surface area contributed by atoms with E-state index in [0.29, 0.717) is 5.69 Å². The van der Waals surface area contributed by atoms with Crippen LogP contribution in [0.15, 0.2) is 64.4 Å². The van der Waals surface area contributed by atoms with E-state index in [1.54, 1.807) is 23.9 Å². The zero-order chi connectivity index (χ0) is 16.0. The number of alkyl halides is 3. The summed E-state index contributed by atoms with van der Waals surface area (Å²) in [5, 5.41) is 2.56. The third-order valence-electron chi connectivity index (χ3n) is 2.45. The molecule has 1 amide bonds. The molecule has 3 nitrogen and oxygen atoms in total. The van der Waals surface area contributed by atoms with Crippen LogP contribution in [0.3, 0.4) is 0 Å². The van der Waals surface area contributed by atoms with Gasteiger partial charge in [-0.3, -0.25) is 5.32 Å². The van der Waals surface area contributed by atoms with Crippen molar-refractivity contribution in [2.24, 2.45) is 0 Å². The average molecular weight is 377 g/mol. The lowest BCUT2D eigenvalue weighted by Gasteiger charge is -2.12. The molecule has 0 radical (unpaired) electrons. The highest BCUT2D eigenvalue weighted by Gasteiger charge is 2.22. The van der Waals surface area contributed by atoms with Crippen molar-refractivity contribution in [3.8, 4) is 0 Å². The molecule has 0 bridgehead atoms. The molecule has 0 saturated heterocycles. The van der Waals surface area contributed by atoms with Gasteiger partial charge in [0, 0.05) is 15.5 Å². The molecular weight excluding hydrogens is 365 g/mol. The Kier molecular flexibility index (Phi) is 6.26. The molecule has 0 aliphatic heterocycles. The van der Waals surface area contributed by atoms with Gasteiger partial charge in [-0.15, -0.1) is 0 Å². The van der Waals surface area contributed by atoms with Crippen molar-refractivity contribution in [1.82, 2.24) is 0 Å². The smallest absolute Gasteiger partial charge is 0.411 e. The highest BCUT2D eigenvalue weighted by atomic mass is 35.6. The molecule has 0 atom stereocenters. The number of rotatable bonds is 4. The summed E-state index contributed by atoms with van der Waals surface area (Å²) >= 11 is 18.1. The first kappa shape index (κ1) is 17.3. The largest absolute Gasteiger partial charge is 0.445 e. The highest BCUT2D eigenvalue weighted by Crippen LogP contribution is 2.28. The number of carbonyl (C=O) groups excluding carboxylic acids is 1. The van der Waals surface area contributed by atoms with Gasteiger partial charge in [0.05, 0.1) is 0 Å². The van der Waals surface area contributed by atoms with Gasteiger partial charge in [-0.05, 0) is 36.4 Å². The summed E-state index contributed by atoms with van der Waals surface area (Å²) in [4.78, 5) is 13.7. The Morgan fingerprint density at radius 2 is 1.59 bits per heavy atom. The van der Waals surface area contributed by atoms with Crippen molar-refractivity contribution in [3.63, 3.8) is 0 Å². The number of benzene rings is 2. The van der Waals surface area contributed by atoms with Crippen LogP contribution in [0.1, 0.15) is 0 Å². The minimum Gasteiger partial charge on any atom is -0.445 e. The van der Waals surface area contributed by atoms with Crippen LogP contribution in [0.5, 0.6) is 0 Å². The molecule has 7 heteroatoms. The molecule has 22 heavy (non-hydrogen) atoms. The van der Waals surface area contributed by atoms with Crippen LogP contribution in [0.2, 0.25) is 0 Å². The lowest BCUT2D eigenvalue weighted by Crippen LogP contribution is -2.21. The zero-order valence-corrected chi connectivity index (χ0v) is 14.3. The SMILES string of the molecule is O=C(Nc1ccc(Sc2ccccc2)cc1)OCC(Cl)(Cl)Cl. The summed E-state index contributed by atoms with van der Waals surface area (Å²) in [5.41, 5.74) is 0.603. The molecule has 116 valence electrons. The van der Waals surface area contributed by atoms with Crippen molar-refractivity contribution >= 4 is 58.3 Å². The number of carbonyl (C=O) groups is 1. The molecule has 0 fully saturated rings. The predicted molar refractivity (Wildman–Crippen MR) is 92.3 cm³/mol. The quantitative estimate of drug-likeness (QED) is 0.690. The number of amides is 1. The second-order valence-electron chi connectivity index (χ2n) is 4.26. The van der Waals surface area contributed by atoms with E-state index in [-0.39, 0.29) is 6.61 Å². The first-order chi connectivity index (χ1) is 10.4. The molecule has 0 aromatic heterocycles. The van der Waals surface area contributed by atoms with E-state index in [9.17, 15) is 4.79 Å². The van der Waals surface area contributed by atoms with Gasteiger partial charge in [0.15, 0.2) is 0 Å². The fourth-order valence-corrected chi connectivity index (χ4v) is 2.53. The fourth-order valence-electron chi connectivity index (χ4n) is 1.53. The summed E-state index contributed by atoms with van der Waals surface area (Å²) in [6.07, 6.45) is -0.671.